The fourth-order valence-corrected chi connectivity index (χ4v) is 5.12. The number of hydrogen-bond donors (Lipinski definition) is 2. The van der Waals surface area contributed by atoms with Crippen molar-refractivity contribution in [3.63, 3.8) is 0 Å². The molecule has 0 aliphatic carbocycles. The minimum absolute atomic E-state index is 0.0323. The van der Waals surface area contributed by atoms with Gasteiger partial charge in [-0.05, 0) is 57.9 Å². The van der Waals surface area contributed by atoms with Crippen LogP contribution in [0.25, 0.3) is 0 Å². The Labute approximate surface area is 183 Å². The van der Waals surface area contributed by atoms with Gasteiger partial charge in [-0.15, -0.1) is 0 Å². The van der Waals surface area contributed by atoms with Crippen LogP contribution < -0.4 is 10.6 Å². The van der Waals surface area contributed by atoms with E-state index in [2.05, 4.69) is 10.6 Å². The summed E-state index contributed by atoms with van der Waals surface area (Å²) in [7, 11) is -3.66. The van der Waals surface area contributed by atoms with Crippen molar-refractivity contribution in [1.29, 1.82) is 0 Å². The minimum atomic E-state index is -3.66. The van der Waals surface area contributed by atoms with E-state index < -0.39 is 15.9 Å². The number of sulfonamides is 1. The number of benzene rings is 2. The summed E-state index contributed by atoms with van der Waals surface area (Å²) in [6, 6.07) is 13.5. The number of aryl methyl sites for hydroxylation is 1. The smallest absolute Gasteiger partial charge is 0.253 e. The first-order valence-electron chi connectivity index (χ1n) is 10.5. The molecule has 166 valence electrons. The number of anilines is 1. The highest BCUT2D eigenvalue weighted by molar-refractivity contribution is 7.89. The normalized spacial score (nSPS) is 17.4. The quantitative estimate of drug-likeness (QED) is 0.717. The molecule has 1 aliphatic heterocycles. The zero-order valence-corrected chi connectivity index (χ0v) is 18.9. The zero-order chi connectivity index (χ0) is 22.6. The Morgan fingerprint density at radius 3 is 2.42 bits per heavy atom. The fourth-order valence-electron chi connectivity index (χ4n) is 3.60. The number of amides is 2. The predicted octanol–water partition coefficient (Wildman–Crippen LogP) is 3.17. The fraction of sp³-hybridized carbons (Fsp3) is 0.391. The minimum Gasteiger partial charge on any atom is -0.350 e. The summed E-state index contributed by atoms with van der Waals surface area (Å²) in [5, 5.41) is 5.66. The zero-order valence-electron chi connectivity index (χ0n) is 18.1. The third-order valence-electron chi connectivity index (χ3n) is 5.26. The van der Waals surface area contributed by atoms with Gasteiger partial charge in [0.1, 0.15) is 0 Å². The molecule has 31 heavy (non-hydrogen) atoms. The second-order valence-electron chi connectivity index (χ2n) is 8.18. The molecule has 2 aromatic rings. The largest absolute Gasteiger partial charge is 0.350 e. The van der Waals surface area contributed by atoms with Gasteiger partial charge in [0.2, 0.25) is 15.9 Å². The lowest BCUT2D eigenvalue weighted by atomic mass is 9.98. The molecule has 2 N–H and O–H groups in total. The average molecular weight is 444 g/mol. The lowest BCUT2D eigenvalue weighted by Crippen LogP contribution is -2.43. The number of para-hydroxylation sites is 1. The van der Waals surface area contributed by atoms with Gasteiger partial charge in [0.25, 0.3) is 5.91 Å². The molecule has 2 amide bonds. The van der Waals surface area contributed by atoms with Crippen molar-refractivity contribution in [3.05, 3.63) is 59.7 Å². The molecule has 1 fully saturated rings. The van der Waals surface area contributed by atoms with E-state index in [1.807, 2.05) is 20.8 Å². The van der Waals surface area contributed by atoms with Crippen LogP contribution in [0.2, 0.25) is 0 Å². The van der Waals surface area contributed by atoms with E-state index in [9.17, 15) is 18.0 Å². The Bertz CT molecular complexity index is 1050. The van der Waals surface area contributed by atoms with E-state index in [1.54, 1.807) is 48.5 Å². The van der Waals surface area contributed by atoms with E-state index >= 15 is 0 Å². The first-order valence-corrected chi connectivity index (χ1v) is 11.9. The van der Waals surface area contributed by atoms with Crippen LogP contribution in [0.1, 0.15) is 42.6 Å². The predicted molar refractivity (Wildman–Crippen MR) is 120 cm³/mol. The van der Waals surface area contributed by atoms with E-state index in [0.29, 0.717) is 30.6 Å². The maximum Gasteiger partial charge on any atom is 0.253 e. The SMILES string of the molecule is Cc1ccc(S(=O)(=O)N2CCC[C@H](C(=O)Nc3ccccc3C(=O)NC(C)C)C2)cc1. The number of rotatable bonds is 6. The molecular weight excluding hydrogens is 414 g/mol. The summed E-state index contributed by atoms with van der Waals surface area (Å²) in [6.45, 7) is 6.13. The number of nitrogens with one attached hydrogen (secondary N) is 2. The van der Waals surface area contributed by atoms with Crippen LogP contribution in [0.5, 0.6) is 0 Å². The van der Waals surface area contributed by atoms with Crippen LogP contribution in [0, 0.1) is 12.8 Å². The Hall–Kier alpha value is -2.71. The van der Waals surface area contributed by atoms with Crippen molar-refractivity contribution < 1.29 is 18.0 Å². The summed E-state index contributed by atoms with van der Waals surface area (Å²) in [4.78, 5) is 25.6. The second-order valence-corrected chi connectivity index (χ2v) is 10.1. The van der Waals surface area contributed by atoms with Gasteiger partial charge in [-0.1, -0.05) is 29.8 Å². The molecule has 3 rings (SSSR count). The summed E-state index contributed by atoms with van der Waals surface area (Å²) in [6.07, 6.45) is 1.19. The number of piperidine rings is 1. The molecule has 1 aliphatic rings. The summed E-state index contributed by atoms with van der Waals surface area (Å²) in [5.41, 5.74) is 1.78. The van der Waals surface area contributed by atoms with Gasteiger partial charge in [-0.2, -0.15) is 4.31 Å². The second kappa shape index (κ2) is 9.62. The summed E-state index contributed by atoms with van der Waals surface area (Å²) in [5.74, 6) is -1.04. The van der Waals surface area contributed by atoms with Crippen molar-refractivity contribution in [2.75, 3.05) is 18.4 Å². The molecule has 0 saturated carbocycles. The molecule has 7 nitrogen and oxygen atoms in total. The van der Waals surface area contributed by atoms with Crippen LogP contribution in [-0.2, 0) is 14.8 Å². The highest BCUT2D eigenvalue weighted by Gasteiger charge is 2.33. The first-order chi connectivity index (χ1) is 14.7. The van der Waals surface area contributed by atoms with Crippen molar-refractivity contribution >= 4 is 27.5 Å². The molecule has 0 bridgehead atoms. The number of carbonyl (C=O) groups excluding carboxylic acids is 2. The summed E-state index contributed by atoms with van der Waals surface area (Å²) >= 11 is 0. The molecule has 0 spiro atoms. The maximum absolute atomic E-state index is 13.0. The lowest BCUT2D eigenvalue weighted by molar-refractivity contribution is -0.120. The lowest BCUT2D eigenvalue weighted by Gasteiger charge is -2.31. The molecule has 1 heterocycles. The monoisotopic (exact) mass is 443 g/mol. The van der Waals surface area contributed by atoms with Gasteiger partial charge in [0.15, 0.2) is 0 Å². The van der Waals surface area contributed by atoms with Crippen molar-refractivity contribution in [1.82, 2.24) is 9.62 Å². The van der Waals surface area contributed by atoms with Crippen molar-refractivity contribution in [2.45, 2.75) is 44.6 Å². The highest BCUT2D eigenvalue weighted by Crippen LogP contribution is 2.25. The van der Waals surface area contributed by atoms with E-state index in [-0.39, 0.29) is 29.3 Å². The van der Waals surface area contributed by atoms with E-state index in [1.165, 1.54) is 4.31 Å². The Morgan fingerprint density at radius 1 is 1.06 bits per heavy atom. The molecule has 0 radical (unpaired) electrons. The third kappa shape index (κ3) is 5.51. The van der Waals surface area contributed by atoms with Crippen LogP contribution in [0.4, 0.5) is 5.69 Å². The molecule has 1 saturated heterocycles. The molecular formula is C23H29N3O4S. The van der Waals surface area contributed by atoms with E-state index in [4.69, 9.17) is 0 Å². The van der Waals surface area contributed by atoms with Crippen LogP contribution in [-0.4, -0.2) is 43.7 Å². The van der Waals surface area contributed by atoms with Crippen LogP contribution in [0.3, 0.4) is 0 Å². The Morgan fingerprint density at radius 2 is 1.74 bits per heavy atom. The maximum atomic E-state index is 13.0. The van der Waals surface area contributed by atoms with Crippen molar-refractivity contribution in [2.24, 2.45) is 5.92 Å². The van der Waals surface area contributed by atoms with Gasteiger partial charge >= 0.3 is 0 Å². The number of carbonyl (C=O) groups is 2. The number of nitrogens with zero attached hydrogens (tertiary/aromatic N) is 1. The molecule has 0 aromatic heterocycles. The Balaban J connectivity index is 1.74. The average Bonchev–Trinajstić information content (AvgIpc) is 2.74. The van der Waals surface area contributed by atoms with Gasteiger partial charge in [0.05, 0.1) is 22.1 Å². The summed E-state index contributed by atoms with van der Waals surface area (Å²) < 4.78 is 27.4. The van der Waals surface area contributed by atoms with Gasteiger partial charge < -0.3 is 10.6 Å². The van der Waals surface area contributed by atoms with Gasteiger partial charge in [-0.3, -0.25) is 9.59 Å². The first kappa shape index (κ1) is 23.0. The van der Waals surface area contributed by atoms with Gasteiger partial charge in [-0.25, -0.2) is 8.42 Å². The standard InChI is InChI=1S/C23H29N3O4S/c1-16(2)24-23(28)20-8-4-5-9-21(20)25-22(27)18-7-6-14-26(15-18)31(29,30)19-12-10-17(3)11-13-19/h4-5,8-13,16,18H,6-7,14-15H2,1-3H3,(H,24,28)(H,25,27)/t18-/m0/s1. The molecule has 1 atom stereocenters. The van der Waals surface area contributed by atoms with Crippen LogP contribution >= 0.6 is 0 Å². The topological polar surface area (TPSA) is 95.6 Å². The number of hydrogen-bond acceptors (Lipinski definition) is 4. The van der Waals surface area contributed by atoms with Crippen LogP contribution in [0.15, 0.2) is 53.4 Å². The Kier molecular flexibility index (Phi) is 7.12. The molecule has 0 unspecified atom stereocenters. The van der Waals surface area contributed by atoms with E-state index in [0.717, 1.165) is 5.56 Å². The van der Waals surface area contributed by atoms with Crippen molar-refractivity contribution in [3.8, 4) is 0 Å². The highest BCUT2D eigenvalue weighted by atomic mass is 32.2. The van der Waals surface area contributed by atoms with Gasteiger partial charge in [0, 0.05) is 19.1 Å². The molecule has 2 aromatic carbocycles. The third-order valence-corrected chi connectivity index (χ3v) is 7.14. The molecule has 8 heteroatoms.